The molecule has 6 heteroatoms. The van der Waals surface area contributed by atoms with Gasteiger partial charge >= 0.3 is 0 Å². The highest BCUT2D eigenvalue weighted by Gasteiger charge is 2.28. The Bertz CT molecular complexity index is 1000. The maximum absolute atomic E-state index is 13.5. The van der Waals surface area contributed by atoms with Crippen molar-refractivity contribution in [1.82, 2.24) is 9.80 Å². The van der Waals surface area contributed by atoms with Gasteiger partial charge in [0.2, 0.25) is 5.91 Å². The third-order valence-electron chi connectivity index (χ3n) is 5.89. The fourth-order valence-corrected chi connectivity index (χ4v) is 4.20. The van der Waals surface area contributed by atoms with E-state index in [9.17, 15) is 13.6 Å². The third-order valence-corrected chi connectivity index (χ3v) is 5.89. The summed E-state index contributed by atoms with van der Waals surface area (Å²) in [7, 11) is 1.61. The first-order valence-electron chi connectivity index (χ1n) is 10.7. The molecule has 1 saturated heterocycles. The number of carbonyl (C=O) groups excluding carboxylic acids is 1. The van der Waals surface area contributed by atoms with E-state index in [0.29, 0.717) is 32.6 Å². The molecule has 0 atom stereocenters. The second-order valence-electron chi connectivity index (χ2n) is 7.95. The second-order valence-corrected chi connectivity index (χ2v) is 7.95. The highest BCUT2D eigenvalue weighted by molar-refractivity contribution is 5.79. The van der Waals surface area contributed by atoms with Crippen LogP contribution >= 0.6 is 0 Å². The lowest BCUT2D eigenvalue weighted by Crippen LogP contribution is -2.50. The summed E-state index contributed by atoms with van der Waals surface area (Å²) in [6, 6.07) is 20.3. The van der Waals surface area contributed by atoms with E-state index in [1.807, 2.05) is 29.2 Å². The van der Waals surface area contributed by atoms with Crippen molar-refractivity contribution in [2.75, 3.05) is 33.3 Å². The van der Waals surface area contributed by atoms with Crippen molar-refractivity contribution in [3.63, 3.8) is 0 Å². The molecule has 0 aromatic heterocycles. The van der Waals surface area contributed by atoms with Crippen molar-refractivity contribution in [2.45, 2.75) is 12.5 Å². The Kier molecular flexibility index (Phi) is 6.81. The first-order valence-corrected chi connectivity index (χ1v) is 10.7. The number of piperazine rings is 1. The summed E-state index contributed by atoms with van der Waals surface area (Å²) in [5.74, 6) is 0.235. The number of benzene rings is 3. The van der Waals surface area contributed by atoms with E-state index in [2.05, 4.69) is 4.90 Å². The minimum atomic E-state index is -0.292. The molecule has 0 N–H and O–H groups in total. The molecule has 1 fully saturated rings. The van der Waals surface area contributed by atoms with Crippen LogP contribution < -0.4 is 4.74 Å². The fourth-order valence-electron chi connectivity index (χ4n) is 4.20. The Labute approximate surface area is 187 Å². The predicted octanol–water partition coefficient (Wildman–Crippen LogP) is 4.45. The molecule has 0 radical (unpaired) electrons. The Balaban J connectivity index is 1.46. The predicted molar refractivity (Wildman–Crippen MR) is 119 cm³/mol. The highest BCUT2D eigenvalue weighted by atomic mass is 19.1. The summed E-state index contributed by atoms with van der Waals surface area (Å²) in [6.07, 6.45) is 0.330. The molecule has 0 bridgehead atoms. The first kappa shape index (κ1) is 22.0. The number of carbonyl (C=O) groups is 1. The molecule has 0 saturated carbocycles. The zero-order valence-electron chi connectivity index (χ0n) is 18.0. The SMILES string of the molecule is COc1cccc(CC(=O)N2CCN(C(c3ccc(F)cc3)c3ccc(F)cc3)CC2)c1. The normalized spacial score (nSPS) is 14.6. The molecule has 3 aromatic rings. The van der Waals surface area contributed by atoms with Gasteiger partial charge in [0, 0.05) is 26.2 Å². The van der Waals surface area contributed by atoms with Gasteiger partial charge in [0.1, 0.15) is 17.4 Å². The zero-order chi connectivity index (χ0) is 22.5. The van der Waals surface area contributed by atoms with Gasteiger partial charge in [-0.2, -0.15) is 0 Å². The van der Waals surface area contributed by atoms with Gasteiger partial charge in [-0.05, 0) is 53.1 Å². The molecule has 4 rings (SSSR count). The molecule has 1 aliphatic heterocycles. The monoisotopic (exact) mass is 436 g/mol. The topological polar surface area (TPSA) is 32.8 Å². The zero-order valence-corrected chi connectivity index (χ0v) is 18.0. The Morgan fingerprint density at radius 1 is 0.875 bits per heavy atom. The van der Waals surface area contributed by atoms with E-state index in [-0.39, 0.29) is 23.6 Å². The van der Waals surface area contributed by atoms with Crippen LogP contribution in [0.5, 0.6) is 5.75 Å². The molecule has 0 unspecified atom stereocenters. The Morgan fingerprint density at radius 3 is 1.97 bits per heavy atom. The van der Waals surface area contributed by atoms with Gasteiger partial charge in [-0.3, -0.25) is 9.69 Å². The van der Waals surface area contributed by atoms with Gasteiger partial charge in [0.15, 0.2) is 0 Å². The molecular formula is C26H26F2N2O2. The van der Waals surface area contributed by atoms with E-state index in [4.69, 9.17) is 4.74 Å². The maximum atomic E-state index is 13.5. The molecule has 4 nitrogen and oxygen atoms in total. The quantitative estimate of drug-likeness (QED) is 0.572. The largest absolute Gasteiger partial charge is 0.497 e. The fraction of sp³-hybridized carbons (Fsp3) is 0.269. The van der Waals surface area contributed by atoms with Crippen LogP contribution in [0.15, 0.2) is 72.8 Å². The van der Waals surface area contributed by atoms with Crippen molar-refractivity contribution >= 4 is 5.91 Å². The van der Waals surface area contributed by atoms with Crippen LogP contribution in [0.3, 0.4) is 0 Å². The number of halogens is 2. The summed E-state index contributed by atoms with van der Waals surface area (Å²) in [6.45, 7) is 2.54. The lowest BCUT2D eigenvalue weighted by Gasteiger charge is -2.40. The van der Waals surface area contributed by atoms with Gasteiger partial charge in [-0.15, -0.1) is 0 Å². The number of ether oxygens (including phenoxy) is 1. The lowest BCUT2D eigenvalue weighted by molar-refractivity contribution is -0.132. The van der Waals surface area contributed by atoms with E-state index < -0.39 is 0 Å². The minimum Gasteiger partial charge on any atom is -0.497 e. The van der Waals surface area contributed by atoms with Crippen molar-refractivity contribution in [1.29, 1.82) is 0 Å². The average Bonchev–Trinajstić information content (AvgIpc) is 2.82. The minimum absolute atomic E-state index is 0.0815. The molecule has 3 aromatic carbocycles. The van der Waals surface area contributed by atoms with Crippen LogP contribution in [0.25, 0.3) is 0 Å². The molecule has 0 spiro atoms. The lowest BCUT2D eigenvalue weighted by atomic mass is 9.96. The van der Waals surface area contributed by atoms with Crippen LogP contribution in [-0.4, -0.2) is 49.0 Å². The number of hydrogen-bond donors (Lipinski definition) is 0. The van der Waals surface area contributed by atoms with Gasteiger partial charge in [-0.1, -0.05) is 36.4 Å². The smallest absolute Gasteiger partial charge is 0.227 e. The van der Waals surface area contributed by atoms with Crippen LogP contribution in [0.1, 0.15) is 22.7 Å². The third kappa shape index (κ3) is 5.14. The van der Waals surface area contributed by atoms with Crippen molar-refractivity contribution in [3.8, 4) is 5.75 Å². The van der Waals surface area contributed by atoms with Crippen LogP contribution in [0.4, 0.5) is 8.78 Å². The molecular weight excluding hydrogens is 410 g/mol. The second kappa shape index (κ2) is 9.92. The number of hydrogen-bond acceptors (Lipinski definition) is 3. The van der Waals surface area contributed by atoms with E-state index >= 15 is 0 Å². The first-order chi connectivity index (χ1) is 15.5. The van der Waals surface area contributed by atoms with Crippen molar-refractivity contribution in [2.24, 2.45) is 0 Å². The van der Waals surface area contributed by atoms with E-state index in [1.54, 1.807) is 31.4 Å². The van der Waals surface area contributed by atoms with Crippen LogP contribution in [0, 0.1) is 11.6 Å². The highest BCUT2D eigenvalue weighted by Crippen LogP contribution is 2.30. The van der Waals surface area contributed by atoms with Crippen molar-refractivity contribution < 1.29 is 18.3 Å². The number of nitrogens with zero attached hydrogens (tertiary/aromatic N) is 2. The Morgan fingerprint density at radius 2 is 1.44 bits per heavy atom. The van der Waals surface area contributed by atoms with Gasteiger partial charge in [0.05, 0.1) is 19.6 Å². The van der Waals surface area contributed by atoms with Crippen LogP contribution in [-0.2, 0) is 11.2 Å². The number of methoxy groups -OCH3 is 1. The summed E-state index contributed by atoms with van der Waals surface area (Å²) in [5, 5.41) is 0. The standard InChI is InChI=1S/C26H26F2N2O2/c1-32-24-4-2-3-19(17-24)18-25(31)29-13-15-30(16-14-29)26(20-5-9-22(27)10-6-20)21-7-11-23(28)12-8-21/h2-12,17,26H,13-16,18H2,1H3. The van der Waals surface area contributed by atoms with Crippen LogP contribution in [0.2, 0.25) is 0 Å². The maximum Gasteiger partial charge on any atom is 0.227 e. The number of amides is 1. The Hall–Kier alpha value is -3.25. The number of rotatable bonds is 6. The molecule has 1 heterocycles. The van der Waals surface area contributed by atoms with E-state index in [0.717, 1.165) is 22.4 Å². The molecule has 1 amide bonds. The van der Waals surface area contributed by atoms with Gasteiger partial charge in [0.25, 0.3) is 0 Å². The molecule has 32 heavy (non-hydrogen) atoms. The summed E-state index contributed by atoms with van der Waals surface area (Å²) < 4.78 is 32.2. The van der Waals surface area contributed by atoms with E-state index in [1.165, 1.54) is 24.3 Å². The summed E-state index contributed by atoms with van der Waals surface area (Å²) in [4.78, 5) is 17.0. The molecule has 1 aliphatic rings. The van der Waals surface area contributed by atoms with Crippen molar-refractivity contribution in [3.05, 3.63) is 101 Å². The molecule has 166 valence electrons. The molecule has 0 aliphatic carbocycles. The van der Waals surface area contributed by atoms with Gasteiger partial charge in [-0.25, -0.2) is 8.78 Å². The van der Waals surface area contributed by atoms with Gasteiger partial charge < -0.3 is 9.64 Å². The summed E-state index contributed by atoms with van der Waals surface area (Å²) >= 11 is 0. The summed E-state index contributed by atoms with van der Waals surface area (Å²) in [5.41, 5.74) is 2.80. The average molecular weight is 437 g/mol.